The molecular formula is C10H18N2O. The largest absolute Gasteiger partial charge is 0.468 e. The van der Waals surface area contributed by atoms with E-state index >= 15 is 0 Å². The number of furan rings is 1. The van der Waals surface area contributed by atoms with Crippen molar-refractivity contribution < 1.29 is 4.42 Å². The first-order chi connectivity index (χ1) is 6.36. The lowest BCUT2D eigenvalue weighted by Gasteiger charge is -2.11. The van der Waals surface area contributed by atoms with E-state index in [0.29, 0.717) is 5.92 Å². The van der Waals surface area contributed by atoms with Crippen molar-refractivity contribution in [3.63, 3.8) is 0 Å². The van der Waals surface area contributed by atoms with E-state index < -0.39 is 0 Å². The van der Waals surface area contributed by atoms with Gasteiger partial charge in [-0.1, -0.05) is 13.3 Å². The third-order valence-corrected chi connectivity index (χ3v) is 2.22. The summed E-state index contributed by atoms with van der Waals surface area (Å²) in [5.41, 5.74) is 5.58. The second-order valence-corrected chi connectivity index (χ2v) is 3.22. The van der Waals surface area contributed by atoms with E-state index in [-0.39, 0.29) is 0 Å². The zero-order chi connectivity index (χ0) is 9.52. The van der Waals surface area contributed by atoms with Gasteiger partial charge in [-0.05, 0) is 31.1 Å². The molecule has 0 bridgehead atoms. The number of hydrogen-bond donors (Lipinski definition) is 2. The fraction of sp³-hybridized carbons (Fsp3) is 0.600. The third-order valence-electron chi connectivity index (χ3n) is 2.22. The molecule has 0 radical (unpaired) electrons. The van der Waals surface area contributed by atoms with Gasteiger partial charge in [-0.3, -0.25) is 0 Å². The van der Waals surface area contributed by atoms with Crippen LogP contribution in [0.4, 0.5) is 0 Å². The van der Waals surface area contributed by atoms with Crippen molar-refractivity contribution in [3.05, 3.63) is 24.2 Å². The van der Waals surface area contributed by atoms with Crippen molar-refractivity contribution in [2.45, 2.75) is 19.9 Å². The molecule has 1 rings (SSSR count). The zero-order valence-corrected chi connectivity index (χ0v) is 8.12. The molecular weight excluding hydrogens is 164 g/mol. The Bertz CT molecular complexity index is 205. The van der Waals surface area contributed by atoms with Gasteiger partial charge in [0.15, 0.2) is 0 Å². The second kappa shape index (κ2) is 5.78. The predicted octanol–water partition coefficient (Wildman–Crippen LogP) is 1.35. The Kier molecular flexibility index (Phi) is 4.57. The van der Waals surface area contributed by atoms with Gasteiger partial charge in [-0.25, -0.2) is 0 Å². The quantitative estimate of drug-likeness (QED) is 0.698. The van der Waals surface area contributed by atoms with E-state index in [1.54, 1.807) is 6.26 Å². The monoisotopic (exact) mass is 182 g/mol. The molecule has 3 nitrogen and oxygen atoms in total. The molecule has 0 amide bonds. The molecule has 1 aromatic heterocycles. The highest BCUT2D eigenvalue weighted by atomic mass is 16.3. The van der Waals surface area contributed by atoms with Gasteiger partial charge in [-0.15, -0.1) is 0 Å². The minimum Gasteiger partial charge on any atom is -0.468 e. The fourth-order valence-electron chi connectivity index (χ4n) is 1.21. The highest BCUT2D eigenvalue weighted by Crippen LogP contribution is 2.01. The Morgan fingerprint density at radius 1 is 1.62 bits per heavy atom. The number of nitrogens with two attached hydrogens (primary N) is 1. The standard InChI is InChI=1S/C10H18N2O/c1-2-9(6-11)7-12-8-10-4-3-5-13-10/h3-5,9,12H,2,6-8,11H2,1H3. The molecule has 0 aliphatic rings. The molecule has 13 heavy (non-hydrogen) atoms. The summed E-state index contributed by atoms with van der Waals surface area (Å²) < 4.78 is 5.19. The fourth-order valence-corrected chi connectivity index (χ4v) is 1.21. The Hall–Kier alpha value is -0.800. The molecule has 0 fully saturated rings. The molecule has 0 saturated carbocycles. The van der Waals surface area contributed by atoms with Gasteiger partial charge in [0, 0.05) is 0 Å². The first kappa shape index (κ1) is 10.3. The predicted molar refractivity (Wildman–Crippen MR) is 53.3 cm³/mol. The molecule has 3 heteroatoms. The van der Waals surface area contributed by atoms with Crippen LogP contribution in [0.3, 0.4) is 0 Å². The van der Waals surface area contributed by atoms with Crippen molar-refractivity contribution in [1.82, 2.24) is 5.32 Å². The smallest absolute Gasteiger partial charge is 0.117 e. The molecule has 0 saturated heterocycles. The zero-order valence-electron chi connectivity index (χ0n) is 8.12. The normalized spacial score (nSPS) is 13.1. The maximum Gasteiger partial charge on any atom is 0.117 e. The van der Waals surface area contributed by atoms with Crippen molar-refractivity contribution >= 4 is 0 Å². The minimum absolute atomic E-state index is 0.579. The highest BCUT2D eigenvalue weighted by molar-refractivity contribution is 4.97. The molecule has 1 unspecified atom stereocenters. The first-order valence-electron chi connectivity index (χ1n) is 4.80. The lowest BCUT2D eigenvalue weighted by Crippen LogP contribution is -2.27. The van der Waals surface area contributed by atoms with Gasteiger partial charge in [-0.2, -0.15) is 0 Å². The average Bonchev–Trinajstić information content (AvgIpc) is 2.65. The van der Waals surface area contributed by atoms with Crippen LogP contribution in [0.5, 0.6) is 0 Å². The van der Waals surface area contributed by atoms with Gasteiger partial charge in [0.1, 0.15) is 5.76 Å². The molecule has 74 valence electrons. The van der Waals surface area contributed by atoms with Gasteiger partial charge < -0.3 is 15.5 Å². The topological polar surface area (TPSA) is 51.2 Å². The van der Waals surface area contributed by atoms with Crippen molar-refractivity contribution in [3.8, 4) is 0 Å². The third kappa shape index (κ3) is 3.61. The van der Waals surface area contributed by atoms with Gasteiger partial charge in [0.25, 0.3) is 0 Å². The molecule has 0 aromatic carbocycles. The summed E-state index contributed by atoms with van der Waals surface area (Å²) in [6, 6.07) is 3.87. The summed E-state index contributed by atoms with van der Waals surface area (Å²) in [5.74, 6) is 1.56. The van der Waals surface area contributed by atoms with E-state index in [4.69, 9.17) is 10.2 Å². The van der Waals surface area contributed by atoms with Crippen LogP contribution in [0.15, 0.2) is 22.8 Å². The van der Waals surface area contributed by atoms with Crippen molar-refractivity contribution in [1.29, 1.82) is 0 Å². The van der Waals surface area contributed by atoms with Crippen LogP contribution >= 0.6 is 0 Å². The number of rotatable bonds is 6. The van der Waals surface area contributed by atoms with Gasteiger partial charge in [0.05, 0.1) is 12.8 Å². The number of hydrogen-bond acceptors (Lipinski definition) is 3. The Labute approximate surface area is 79.3 Å². The molecule has 1 heterocycles. The van der Waals surface area contributed by atoms with Gasteiger partial charge in [0.2, 0.25) is 0 Å². The van der Waals surface area contributed by atoms with E-state index in [1.807, 2.05) is 12.1 Å². The summed E-state index contributed by atoms with van der Waals surface area (Å²) in [6.45, 7) is 4.67. The molecule has 0 spiro atoms. The highest BCUT2D eigenvalue weighted by Gasteiger charge is 2.02. The molecule has 1 atom stereocenters. The van der Waals surface area contributed by atoms with E-state index in [9.17, 15) is 0 Å². The lowest BCUT2D eigenvalue weighted by molar-refractivity contribution is 0.435. The van der Waals surface area contributed by atoms with E-state index in [1.165, 1.54) is 0 Å². The van der Waals surface area contributed by atoms with E-state index in [2.05, 4.69) is 12.2 Å². The second-order valence-electron chi connectivity index (χ2n) is 3.22. The Balaban J connectivity index is 2.13. The number of nitrogens with one attached hydrogen (secondary N) is 1. The van der Waals surface area contributed by atoms with Crippen LogP contribution < -0.4 is 11.1 Å². The van der Waals surface area contributed by atoms with Crippen LogP contribution in [0.25, 0.3) is 0 Å². The molecule has 0 aliphatic heterocycles. The summed E-state index contributed by atoms with van der Waals surface area (Å²) in [6.07, 6.45) is 2.82. The van der Waals surface area contributed by atoms with Crippen molar-refractivity contribution in [2.75, 3.05) is 13.1 Å². The molecule has 3 N–H and O–H groups in total. The summed E-state index contributed by atoms with van der Waals surface area (Å²) >= 11 is 0. The first-order valence-corrected chi connectivity index (χ1v) is 4.80. The van der Waals surface area contributed by atoms with E-state index in [0.717, 1.165) is 31.8 Å². The molecule has 0 aliphatic carbocycles. The van der Waals surface area contributed by atoms with Crippen LogP contribution in [0, 0.1) is 5.92 Å². The minimum atomic E-state index is 0.579. The summed E-state index contributed by atoms with van der Waals surface area (Å²) in [5, 5.41) is 3.32. The summed E-state index contributed by atoms with van der Waals surface area (Å²) in [4.78, 5) is 0. The SMILES string of the molecule is CCC(CN)CNCc1ccco1. The van der Waals surface area contributed by atoms with Crippen LogP contribution in [-0.4, -0.2) is 13.1 Å². The Morgan fingerprint density at radius 3 is 3.00 bits per heavy atom. The van der Waals surface area contributed by atoms with Crippen LogP contribution in [0.2, 0.25) is 0 Å². The average molecular weight is 182 g/mol. The maximum absolute atomic E-state index is 5.58. The van der Waals surface area contributed by atoms with Gasteiger partial charge >= 0.3 is 0 Å². The molecule has 1 aromatic rings. The van der Waals surface area contributed by atoms with Crippen LogP contribution in [0.1, 0.15) is 19.1 Å². The van der Waals surface area contributed by atoms with Crippen LogP contribution in [-0.2, 0) is 6.54 Å². The summed E-state index contributed by atoms with van der Waals surface area (Å²) in [7, 11) is 0. The Morgan fingerprint density at radius 2 is 2.46 bits per heavy atom. The van der Waals surface area contributed by atoms with Crippen molar-refractivity contribution in [2.24, 2.45) is 11.7 Å². The lowest BCUT2D eigenvalue weighted by atomic mass is 10.1. The maximum atomic E-state index is 5.58.